The van der Waals surface area contributed by atoms with E-state index in [1.54, 1.807) is 0 Å². The predicted octanol–water partition coefficient (Wildman–Crippen LogP) is 2.26. The van der Waals surface area contributed by atoms with Crippen molar-refractivity contribution in [2.24, 2.45) is 0 Å². The number of amides is 1. The van der Waals surface area contributed by atoms with Gasteiger partial charge in [-0.25, -0.2) is 4.79 Å². The molecule has 0 aromatic carbocycles. The fourth-order valence-electron chi connectivity index (χ4n) is 3.77. The van der Waals surface area contributed by atoms with Crippen molar-refractivity contribution in [2.75, 3.05) is 6.54 Å². The molecule has 2 unspecified atom stereocenters. The maximum atomic E-state index is 11.7. The predicted molar refractivity (Wildman–Crippen MR) is 86.9 cm³/mol. The molecule has 0 bridgehead atoms. The number of hydrogen-bond acceptors (Lipinski definition) is 4. The molecule has 1 amide bonds. The molecule has 2 N–H and O–H groups in total. The number of nitrogens with zero attached hydrogens (tertiary/aromatic N) is 1. The number of carbonyl (C=O) groups is 1. The van der Waals surface area contributed by atoms with Gasteiger partial charge in [-0.1, -0.05) is 0 Å². The summed E-state index contributed by atoms with van der Waals surface area (Å²) in [5.41, 5.74) is -0.419. The Morgan fingerprint density at radius 3 is 2.36 bits per heavy atom. The summed E-state index contributed by atoms with van der Waals surface area (Å²) in [4.78, 5) is 14.4. The second kappa shape index (κ2) is 6.00. The van der Waals surface area contributed by atoms with Crippen LogP contribution in [0.25, 0.3) is 0 Å². The summed E-state index contributed by atoms with van der Waals surface area (Å²) in [6, 6.07) is 3.04. The van der Waals surface area contributed by atoms with Gasteiger partial charge in [-0.2, -0.15) is 0 Å². The maximum absolute atomic E-state index is 11.7. The topological polar surface area (TPSA) is 53.6 Å². The number of nitrogens with one attached hydrogen (secondary N) is 2. The van der Waals surface area contributed by atoms with E-state index >= 15 is 0 Å². The van der Waals surface area contributed by atoms with Crippen LogP contribution in [0.5, 0.6) is 0 Å². The van der Waals surface area contributed by atoms with Crippen molar-refractivity contribution in [3.05, 3.63) is 0 Å². The minimum absolute atomic E-state index is 0.269. The van der Waals surface area contributed by atoms with Gasteiger partial charge in [0, 0.05) is 36.8 Å². The van der Waals surface area contributed by atoms with Crippen LogP contribution in [0.4, 0.5) is 4.79 Å². The van der Waals surface area contributed by atoms with Gasteiger partial charge in [0.2, 0.25) is 0 Å². The Morgan fingerprint density at radius 2 is 1.77 bits per heavy atom. The van der Waals surface area contributed by atoms with E-state index in [1.807, 2.05) is 20.8 Å². The molecule has 3 aliphatic rings. The van der Waals surface area contributed by atoms with E-state index in [4.69, 9.17) is 4.74 Å². The molecule has 0 aromatic rings. The third-order valence-electron chi connectivity index (χ3n) is 4.97. The van der Waals surface area contributed by atoms with Crippen molar-refractivity contribution in [2.45, 2.75) is 95.6 Å². The quantitative estimate of drug-likeness (QED) is 0.836. The van der Waals surface area contributed by atoms with Crippen LogP contribution in [0.3, 0.4) is 0 Å². The highest BCUT2D eigenvalue weighted by Crippen LogP contribution is 2.34. The Kier molecular flexibility index (Phi) is 4.38. The van der Waals surface area contributed by atoms with Gasteiger partial charge in [-0.3, -0.25) is 4.90 Å². The molecule has 5 nitrogen and oxygen atoms in total. The molecule has 2 atom stereocenters. The number of hydrogen-bond donors (Lipinski definition) is 2. The number of rotatable bonds is 4. The average Bonchev–Trinajstić information content (AvgIpc) is 3.09. The Bertz CT molecular complexity index is 411. The standard InChI is InChI=1S/C17H31N3O2/c1-11-7-14(10-20(11)15-5-6-15)18-12-8-13(9-12)19-16(21)22-17(2,3)4/h11-15,18H,5-10H2,1-4H3,(H,19,21). The number of likely N-dealkylation sites (tertiary alicyclic amines) is 1. The number of carbonyl (C=O) groups excluding carboxylic acids is 1. The summed E-state index contributed by atoms with van der Waals surface area (Å²) in [6.07, 6.45) is 5.80. The third kappa shape index (κ3) is 4.13. The third-order valence-corrected chi connectivity index (χ3v) is 4.97. The van der Waals surface area contributed by atoms with E-state index in [1.165, 1.54) is 25.8 Å². The molecular formula is C17H31N3O2. The van der Waals surface area contributed by atoms with Crippen LogP contribution in [0.2, 0.25) is 0 Å². The summed E-state index contributed by atoms with van der Waals surface area (Å²) in [6.45, 7) is 9.24. The molecular weight excluding hydrogens is 278 g/mol. The molecule has 22 heavy (non-hydrogen) atoms. The van der Waals surface area contributed by atoms with Crippen molar-refractivity contribution in [1.82, 2.24) is 15.5 Å². The molecule has 3 rings (SSSR count). The summed E-state index contributed by atoms with van der Waals surface area (Å²) in [5.74, 6) is 0. The van der Waals surface area contributed by atoms with Crippen LogP contribution >= 0.6 is 0 Å². The maximum Gasteiger partial charge on any atom is 0.407 e. The summed E-state index contributed by atoms with van der Waals surface area (Å²) < 4.78 is 5.30. The zero-order valence-corrected chi connectivity index (χ0v) is 14.4. The lowest BCUT2D eigenvalue weighted by Crippen LogP contribution is -2.55. The normalized spacial score (nSPS) is 36.0. The van der Waals surface area contributed by atoms with E-state index in [9.17, 15) is 4.79 Å². The van der Waals surface area contributed by atoms with Gasteiger partial charge in [-0.05, 0) is 59.8 Å². The molecule has 126 valence electrons. The van der Waals surface area contributed by atoms with Crippen LogP contribution in [-0.4, -0.2) is 53.3 Å². The van der Waals surface area contributed by atoms with Crippen LogP contribution in [-0.2, 0) is 4.74 Å². The molecule has 3 fully saturated rings. The van der Waals surface area contributed by atoms with Gasteiger partial charge in [0.05, 0.1) is 0 Å². The highest BCUT2D eigenvalue weighted by molar-refractivity contribution is 5.68. The highest BCUT2D eigenvalue weighted by atomic mass is 16.6. The minimum Gasteiger partial charge on any atom is -0.444 e. The first-order chi connectivity index (χ1) is 10.3. The van der Waals surface area contributed by atoms with Crippen LogP contribution in [0.15, 0.2) is 0 Å². The fourth-order valence-corrected chi connectivity index (χ4v) is 3.77. The van der Waals surface area contributed by atoms with Crippen molar-refractivity contribution < 1.29 is 9.53 Å². The molecule has 1 heterocycles. The first kappa shape index (κ1) is 16.1. The highest BCUT2D eigenvalue weighted by Gasteiger charge is 2.40. The molecule has 0 aromatic heterocycles. The zero-order chi connectivity index (χ0) is 15.9. The first-order valence-electron chi connectivity index (χ1n) is 8.81. The second-order valence-corrected chi connectivity index (χ2v) is 8.39. The van der Waals surface area contributed by atoms with Gasteiger partial charge in [0.1, 0.15) is 5.60 Å². The molecule has 2 aliphatic carbocycles. The van der Waals surface area contributed by atoms with Crippen molar-refractivity contribution in [3.63, 3.8) is 0 Å². The van der Waals surface area contributed by atoms with Gasteiger partial charge in [-0.15, -0.1) is 0 Å². The van der Waals surface area contributed by atoms with E-state index in [-0.39, 0.29) is 12.1 Å². The Morgan fingerprint density at radius 1 is 1.09 bits per heavy atom. The lowest BCUT2D eigenvalue weighted by molar-refractivity contribution is 0.0463. The Labute approximate surface area is 134 Å². The van der Waals surface area contributed by atoms with Gasteiger partial charge < -0.3 is 15.4 Å². The Balaban J connectivity index is 1.33. The number of ether oxygens (including phenoxy) is 1. The largest absolute Gasteiger partial charge is 0.444 e. The SMILES string of the molecule is CC1CC(NC2CC(NC(=O)OC(C)(C)C)C2)CN1C1CC1. The molecule has 1 saturated heterocycles. The average molecular weight is 309 g/mol. The lowest BCUT2D eigenvalue weighted by Gasteiger charge is -2.38. The van der Waals surface area contributed by atoms with Crippen LogP contribution < -0.4 is 10.6 Å². The van der Waals surface area contributed by atoms with Gasteiger partial charge in [0.25, 0.3) is 0 Å². The van der Waals surface area contributed by atoms with E-state index in [2.05, 4.69) is 22.5 Å². The van der Waals surface area contributed by atoms with Crippen molar-refractivity contribution in [1.29, 1.82) is 0 Å². The Hall–Kier alpha value is -0.810. The summed E-state index contributed by atoms with van der Waals surface area (Å²) in [7, 11) is 0. The summed E-state index contributed by atoms with van der Waals surface area (Å²) in [5, 5.41) is 6.74. The van der Waals surface area contributed by atoms with E-state index in [0.717, 1.165) is 24.9 Å². The smallest absolute Gasteiger partial charge is 0.407 e. The van der Waals surface area contributed by atoms with Gasteiger partial charge >= 0.3 is 6.09 Å². The van der Waals surface area contributed by atoms with Crippen molar-refractivity contribution in [3.8, 4) is 0 Å². The van der Waals surface area contributed by atoms with Crippen LogP contribution in [0, 0.1) is 0 Å². The van der Waals surface area contributed by atoms with E-state index in [0.29, 0.717) is 12.1 Å². The molecule has 0 radical (unpaired) electrons. The minimum atomic E-state index is -0.419. The lowest BCUT2D eigenvalue weighted by atomic mass is 9.86. The van der Waals surface area contributed by atoms with Crippen LogP contribution in [0.1, 0.15) is 59.8 Å². The zero-order valence-electron chi connectivity index (χ0n) is 14.4. The van der Waals surface area contributed by atoms with Gasteiger partial charge in [0.15, 0.2) is 0 Å². The number of alkyl carbamates (subject to hydrolysis) is 1. The molecule has 2 saturated carbocycles. The fraction of sp³-hybridized carbons (Fsp3) is 0.941. The first-order valence-corrected chi connectivity index (χ1v) is 8.81. The van der Waals surface area contributed by atoms with E-state index < -0.39 is 5.60 Å². The molecule has 5 heteroatoms. The molecule has 1 aliphatic heterocycles. The second-order valence-electron chi connectivity index (χ2n) is 8.39. The summed E-state index contributed by atoms with van der Waals surface area (Å²) >= 11 is 0. The molecule has 0 spiro atoms. The monoisotopic (exact) mass is 309 g/mol. The van der Waals surface area contributed by atoms with Crippen molar-refractivity contribution >= 4 is 6.09 Å².